The van der Waals surface area contributed by atoms with Gasteiger partial charge in [0.1, 0.15) is 6.04 Å². The second kappa shape index (κ2) is 9.64. The summed E-state index contributed by atoms with van der Waals surface area (Å²) in [4.78, 5) is 19.6. The zero-order valence-corrected chi connectivity index (χ0v) is 21.4. The predicted molar refractivity (Wildman–Crippen MR) is 134 cm³/mol. The summed E-state index contributed by atoms with van der Waals surface area (Å²) in [7, 11) is 3.70. The Balaban J connectivity index is 1.31. The maximum atomic E-state index is 13.1. The monoisotopic (exact) mass is 505 g/mol. The number of ether oxygens (including phenoxy) is 3. The van der Waals surface area contributed by atoms with Crippen LogP contribution in [0.4, 0.5) is 0 Å². The number of hydrogen-bond acceptors (Lipinski definition) is 9. The molecule has 1 saturated heterocycles. The zero-order chi connectivity index (χ0) is 25.5. The van der Waals surface area contributed by atoms with E-state index in [4.69, 9.17) is 14.2 Å². The van der Waals surface area contributed by atoms with E-state index < -0.39 is 0 Å². The first kappa shape index (κ1) is 23.7. The van der Waals surface area contributed by atoms with E-state index in [0.29, 0.717) is 28.6 Å². The van der Waals surface area contributed by atoms with Crippen LogP contribution in [0.1, 0.15) is 40.3 Å². The van der Waals surface area contributed by atoms with Crippen molar-refractivity contribution in [2.24, 2.45) is 0 Å². The molecule has 1 fully saturated rings. The van der Waals surface area contributed by atoms with Gasteiger partial charge in [-0.2, -0.15) is 4.68 Å². The van der Waals surface area contributed by atoms with Gasteiger partial charge >= 0.3 is 0 Å². The molecule has 0 radical (unpaired) electrons. The van der Waals surface area contributed by atoms with Crippen LogP contribution in [0.3, 0.4) is 0 Å². The number of methoxy groups -OCH3 is 1. The summed E-state index contributed by atoms with van der Waals surface area (Å²) in [6.45, 7) is 7.48. The molecule has 3 aliphatic heterocycles. The Morgan fingerprint density at radius 3 is 2.62 bits per heavy atom. The van der Waals surface area contributed by atoms with Crippen molar-refractivity contribution >= 4 is 5.91 Å². The Hall–Kier alpha value is -3.70. The Labute approximate surface area is 215 Å². The molecule has 0 N–H and O–H groups in total. The zero-order valence-electron chi connectivity index (χ0n) is 21.4. The van der Waals surface area contributed by atoms with E-state index in [1.807, 2.05) is 35.2 Å². The van der Waals surface area contributed by atoms with E-state index in [-0.39, 0.29) is 18.7 Å². The highest BCUT2D eigenvalue weighted by Crippen LogP contribution is 2.50. The molecule has 11 nitrogen and oxygen atoms in total. The van der Waals surface area contributed by atoms with Gasteiger partial charge in [0.15, 0.2) is 17.3 Å². The molecule has 3 aliphatic rings. The summed E-state index contributed by atoms with van der Waals surface area (Å²) >= 11 is 0. The van der Waals surface area contributed by atoms with Crippen molar-refractivity contribution in [3.63, 3.8) is 0 Å². The molecule has 11 heteroatoms. The van der Waals surface area contributed by atoms with Crippen LogP contribution >= 0.6 is 0 Å². The van der Waals surface area contributed by atoms with Crippen LogP contribution in [-0.2, 0) is 6.42 Å². The van der Waals surface area contributed by atoms with Crippen molar-refractivity contribution in [2.75, 3.05) is 60.2 Å². The van der Waals surface area contributed by atoms with E-state index in [2.05, 4.69) is 39.3 Å². The third kappa shape index (κ3) is 4.08. The summed E-state index contributed by atoms with van der Waals surface area (Å²) < 4.78 is 18.9. The number of carbonyl (C=O) groups is 1. The molecule has 4 heterocycles. The first-order valence-electron chi connectivity index (χ1n) is 12.7. The van der Waals surface area contributed by atoms with Crippen LogP contribution in [-0.4, -0.2) is 101 Å². The summed E-state index contributed by atoms with van der Waals surface area (Å²) in [5.41, 5.74) is 3.56. The maximum Gasteiger partial charge on any atom is 0.253 e. The number of nitrogens with zero attached hydrogens (tertiary/aromatic N) is 7. The third-order valence-electron chi connectivity index (χ3n) is 7.60. The average molecular weight is 506 g/mol. The van der Waals surface area contributed by atoms with Crippen molar-refractivity contribution in [1.29, 1.82) is 0 Å². The molecule has 0 saturated carbocycles. The number of likely N-dealkylation sites (N-methyl/N-ethyl adjacent to an activating group) is 2. The van der Waals surface area contributed by atoms with Crippen LogP contribution in [0.25, 0.3) is 5.69 Å². The fourth-order valence-corrected chi connectivity index (χ4v) is 5.50. The predicted octanol–water partition coefficient (Wildman–Crippen LogP) is 1.75. The van der Waals surface area contributed by atoms with Gasteiger partial charge in [-0.15, -0.1) is 5.10 Å². The quantitative estimate of drug-likeness (QED) is 0.514. The second-order valence-electron chi connectivity index (χ2n) is 9.57. The highest BCUT2D eigenvalue weighted by atomic mass is 16.7. The molecule has 194 valence electrons. The third-order valence-corrected chi connectivity index (χ3v) is 7.60. The topological polar surface area (TPSA) is 98.1 Å². The van der Waals surface area contributed by atoms with Crippen molar-refractivity contribution in [3.8, 4) is 22.9 Å². The number of aromatic nitrogens is 4. The molecule has 0 aliphatic carbocycles. The number of benzene rings is 2. The normalized spacial score (nSPS) is 19.6. The van der Waals surface area contributed by atoms with Crippen LogP contribution < -0.4 is 14.2 Å². The lowest BCUT2D eigenvalue weighted by atomic mass is 9.90. The fourth-order valence-electron chi connectivity index (χ4n) is 5.50. The molecule has 0 spiro atoms. The molecular weight excluding hydrogens is 474 g/mol. The Morgan fingerprint density at radius 1 is 1.11 bits per heavy atom. The largest absolute Gasteiger partial charge is 0.492 e. The molecule has 2 aromatic carbocycles. The molecule has 0 bridgehead atoms. The van der Waals surface area contributed by atoms with Crippen LogP contribution in [0.15, 0.2) is 30.3 Å². The molecule has 6 rings (SSSR count). The second-order valence-corrected chi connectivity index (χ2v) is 9.57. The molecule has 37 heavy (non-hydrogen) atoms. The van der Waals surface area contributed by atoms with Crippen LogP contribution in [0.5, 0.6) is 17.2 Å². The molecule has 1 aromatic heterocycles. The molecule has 1 unspecified atom stereocenters. The van der Waals surface area contributed by atoms with Gasteiger partial charge in [-0.3, -0.25) is 9.69 Å². The van der Waals surface area contributed by atoms with E-state index in [1.165, 1.54) is 0 Å². The van der Waals surface area contributed by atoms with E-state index >= 15 is 0 Å². The van der Waals surface area contributed by atoms with Crippen LogP contribution in [0.2, 0.25) is 0 Å². The van der Waals surface area contributed by atoms with Gasteiger partial charge in [-0.25, -0.2) is 0 Å². The lowest BCUT2D eigenvalue weighted by Crippen LogP contribution is -2.48. The lowest BCUT2D eigenvalue weighted by Gasteiger charge is -2.35. The fraction of sp³-hybridized carbons (Fsp3) is 0.462. The molecule has 3 aromatic rings. The number of amides is 1. The minimum atomic E-state index is -0.251. The van der Waals surface area contributed by atoms with E-state index in [1.54, 1.807) is 11.8 Å². The minimum absolute atomic E-state index is 0.0565. The number of carbonyl (C=O) groups excluding carboxylic acids is 1. The van der Waals surface area contributed by atoms with Gasteiger partial charge in [-0.05, 0) is 66.3 Å². The van der Waals surface area contributed by atoms with Crippen molar-refractivity contribution in [1.82, 2.24) is 34.9 Å². The van der Waals surface area contributed by atoms with Gasteiger partial charge < -0.3 is 24.0 Å². The smallest absolute Gasteiger partial charge is 0.253 e. The summed E-state index contributed by atoms with van der Waals surface area (Å²) in [6, 6.07) is 9.29. The molecular formula is C26H31N7O4. The standard InChI is InChI=1S/C26H31N7O4/c1-4-31-11-13-32(14-12-31)26(34)17-5-7-19(8-6-17)33-25(27-28-29-33)22-21-18(9-10-30(22)2)15-20-23(24(21)35-3)37-16-36-20/h5-8,15,22H,4,9-14,16H2,1-3H3. The van der Waals surface area contributed by atoms with Gasteiger partial charge in [-0.1, -0.05) is 6.92 Å². The summed E-state index contributed by atoms with van der Waals surface area (Å²) in [5.74, 6) is 2.69. The number of fused-ring (bicyclic) bond motifs is 2. The number of rotatable bonds is 5. The van der Waals surface area contributed by atoms with Gasteiger partial charge in [0, 0.05) is 43.9 Å². The summed E-state index contributed by atoms with van der Waals surface area (Å²) in [6.07, 6.45) is 0.847. The highest BCUT2D eigenvalue weighted by molar-refractivity contribution is 5.94. The highest BCUT2D eigenvalue weighted by Gasteiger charge is 2.37. The van der Waals surface area contributed by atoms with Crippen molar-refractivity contribution in [2.45, 2.75) is 19.4 Å². The average Bonchev–Trinajstić information content (AvgIpc) is 3.61. The number of piperazine rings is 1. The lowest BCUT2D eigenvalue weighted by molar-refractivity contribution is 0.0643. The Bertz CT molecular complexity index is 1300. The molecule has 1 atom stereocenters. The van der Waals surface area contributed by atoms with E-state index in [9.17, 15) is 4.79 Å². The number of tetrazole rings is 1. The SMILES string of the molecule is CCN1CCN(C(=O)c2ccc(-n3nnnc3C3c4c(cc5c(c4OC)OCO5)CCN3C)cc2)CC1. The van der Waals surface area contributed by atoms with Crippen LogP contribution in [0, 0.1) is 0 Å². The van der Waals surface area contributed by atoms with Crippen molar-refractivity contribution in [3.05, 3.63) is 52.8 Å². The first-order chi connectivity index (χ1) is 18.1. The Morgan fingerprint density at radius 2 is 1.89 bits per heavy atom. The van der Waals surface area contributed by atoms with Gasteiger partial charge in [0.25, 0.3) is 5.91 Å². The van der Waals surface area contributed by atoms with E-state index in [0.717, 1.165) is 62.5 Å². The Kier molecular flexibility index (Phi) is 6.17. The molecule has 1 amide bonds. The van der Waals surface area contributed by atoms with Gasteiger partial charge in [0.2, 0.25) is 12.5 Å². The summed E-state index contributed by atoms with van der Waals surface area (Å²) in [5, 5.41) is 12.8. The minimum Gasteiger partial charge on any atom is -0.492 e. The number of hydrogen-bond donors (Lipinski definition) is 0. The van der Waals surface area contributed by atoms with Crippen molar-refractivity contribution < 1.29 is 19.0 Å². The maximum absolute atomic E-state index is 13.1. The first-order valence-corrected chi connectivity index (χ1v) is 12.7. The van der Waals surface area contributed by atoms with Gasteiger partial charge in [0.05, 0.1) is 12.8 Å².